The maximum atomic E-state index is 13.2. The first kappa shape index (κ1) is 23.4. The fourth-order valence-corrected chi connectivity index (χ4v) is 4.48. The molecule has 0 radical (unpaired) electrons. The molecule has 0 spiro atoms. The van der Waals surface area contributed by atoms with Gasteiger partial charge in [-0.05, 0) is 31.4 Å². The highest BCUT2D eigenvalue weighted by atomic mass is 16.5. The lowest BCUT2D eigenvalue weighted by atomic mass is 9.98. The molecule has 1 unspecified atom stereocenters. The maximum absolute atomic E-state index is 13.2. The summed E-state index contributed by atoms with van der Waals surface area (Å²) < 4.78 is 7.14. The zero-order chi connectivity index (χ0) is 24.2. The number of rotatable bonds is 9. The van der Waals surface area contributed by atoms with Crippen LogP contribution in [0.15, 0.2) is 47.3 Å². The van der Waals surface area contributed by atoms with Gasteiger partial charge in [-0.3, -0.25) is 19.0 Å². The average Bonchev–Trinajstić information content (AvgIpc) is 3.45. The van der Waals surface area contributed by atoms with Crippen LogP contribution in [0, 0.1) is 0 Å². The normalized spacial score (nSPS) is 15.5. The zero-order valence-electron chi connectivity index (χ0n) is 19.1. The van der Waals surface area contributed by atoms with E-state index < -0.39 is 5.91 Å². The van der Waals surface area contributed by atoms with E-state index in [4.69, 9.17) is 10.5 Å². The highest BCUT2D eigenvalue weighted by molar-refractivity contribution is 6.15. The molecule has 0 aliphatic carbocycles. The molecule has 34 heavy (non-hydrogen) atoms. The molecule has 1 fully saturated rings. The number of hydrogen-bond acceptors (Lipinski definition) is 5. The van der Waals surface area contributed by atoms with Crippen LogP contribution in [0.3, 0.4) is 0 Å². The molecule has 2 aromatic carbocycles. The van der Waals surface area contributed by atoms with E-state index >= 15 is 0 Å². The summed E-state index contributed by atoms with van der Waals surface area (Å²) in [5, 5.41) is 0. The van der Waals surface area contributed by atoms with Crippen molar-refractivity contribution in [2.24, 2.45) is 5.73 Å². The smallest absolute Gasteiger partial charge is 0.326 e. The Hall–Kier alpha value is -3.72. The number of nitrogens with zero attached hydrogens (tertiary/aromatic N) is 2. The van der Waals surface area contributed by atoms with E-state index in [0.717, 1.165) is 12.8 Å². The lowest BCUT2D eigenvalue weighted by molar-refractivity contribution is -0.136. The Balaban J connectivity index is 1.70. The molecule has 1 aliphatic heterocycles. The molecule has 3 aromatic rings. The van der Waals surface area contributed by atoms with E-state index in [1.54, 1.807) is 36.4 Å². The van der Waals surface area contributed by atoms with Gasteiger partial charge in [0, 0.05) is 30.8 Å². The Morgan fingerprint density at radius 2 is 1.94 bits per heavy atom. The van der Waals surface area contributed by atoms with Crippen molar-refractivity contribution in [3.05, 3.63) is 69.6 Å². The molecule has 178 valence electrons. The SMILES string of the molecule is CCn1c(=O)[nH]c2c(C(=O)c3ccccc3)ccc(CC(=O)N(CC(N)=O)CC3CCCO3)c21. The molecule has 1 aromatic heterocycles. The van der Waals surface area contributed by atoms with Crippen molar-refractivity contribution < 1.29 is 19.1 Å². The summed E-state index contributed by atoms with van der Waals surface area (Å²) in [5.74, 6) is -1.12. The molecule has 4 rings (SSSR count). The number of fused-ring (bicyclic) bond motifs is 1. The number of ether oxygens (including phenoxy) is 1. The van der Waals surface area contributed by atoms with Crippen LogP contribution in [0.1, 0.15) is 41.3 Å². The van der Waals surface area contributed by atoms with E-state index in [1.165, 1.54) is 9.47 Å². The van der Waals surface area contributed by atoms with Gasteiger partial charge in [0.25, 0.3) is 0 Å². The van der Waals surface area contributed by atoms with Crippen molar-refractivity contribution in [3.8, 4) is 0 Å². The van der Waals surface area contributed by atoms with E-state index in [2.05, 4.69) is 4.98 Å². The van der Waals surface area contributed by atoms with Crippen molar-refractivity contribution in [1.82, 2.24) is 14.5 Å². The molecule has 3 N–H and O–H groups in total. The number of carbonyl (C=O) groups excluding carboxylic acids is 3. The number of carbonyl (C=O) groups is 3. The van der Waals surface area contributed by atoms with Gasteiger partial charge in [-0.15, -0.1) is 0 Å². The topological polar surface area (TPSA) is 127 Å². The van der Waals surface area contributed by atoms with Crippen LogP contribution in [0.4, 0.5) is 0 Å². The van der Waals surface area contributed by atoms with Crippen LogP contribution in [-0.4, -0.2) is 57.8 Å². The van der Waals surface area contributed by atoms with Gasteiger partial charge in [-0.25, -0.2) is 4.79 Å². The average molecular weight is 465 g/mol. The van der Waals surface area contributed by atoms with Crippen LogP contribution in [0.2, 0.25) is 0 Å². The van der Waals surface area contributed by atoms with Crippen LogP contribution in [-0.2, 0) is 27.3 Å². The molecule has 9 nitrogen and oxygen atoms in total. The van der Waals surface area contributed by atoms with Crippen molar-refractivity contribution in [3.63, 3.8) is 0 Å². The van der Waals surface area contributed by atoms with Gasteiger partial charge in [0.1, 0.15) is 0 Å². The minimum absolute atomic E-state index is 0.0480. The summed E-state index contributed by atoms with van der Waals surface area (Å²) in [6.07, 6.45) is 1.55. The number of hydrogen-bond donors (Lipinski definition) is 2. The van der Waals surface area contributed by atoms with E-state index in [9.17, 15) is 19.2 Å². The van der Waals surface area contributed by atoms with E-state index in [0.29, 0.717) is 40.9 Å². The Kier molecular flexibility index (Phi) is 6.93. The number of benzene rings is 2. The van der Waals surface area contributed by atoms with Crippen LogP contribution < -0.4 is 11.4 Å². The molecule has 9 heteroatoms. The molecule has 0 bridgehead atoms. The Morgan fingerprint density at radius 1 is 1.18 bits per heavy atom. The summed E-state index contributed by atoms with van der Waals surface area (Å²) in [7, 11) is 0. The molecule has 2 heterocycles. The van der Waals surface area contributed by atoms with Crippen molar-refractivity contribution in [2.75, 3.05) is 19.7 Å². The minimum atomic E-state index is -0.604. The third-order valence-corrected chi connectivity index (χ3v) is 6.09. The molecule has 0 saturated carbocycles. The number of nitrogens with two attached hydrogens (primary N) is 1. The van der Waals surface area contributed by atoms with Gasteiger partial charge >= 0.3 is 5.69 Å². The van der Waals surface area contributed by atoms with Gasteiger partial charge in [0.15, 0.2) is 5.78 Å². The number of H-pyrrole nitrogens is 1. The second-order valence-electron chi connectivity index (χ2n) is 8.42. The largest absolute Gasteiger partial charge is 0.376 e. The standard InChI is InChI=1S/C25H28N4O5/c1-2-29-23-17(13-21(31)28(15-20(26)30)14-18-9-6-12-34-18)10-11-19(22(23)27-25(29)33)24(32)16-7-4-3-5-8-16/h3-5,7-8,10-11,18H,2,6,9,12-15H2,1H3,(H2,26,30)(H,27,33). The van der Waals surface area contributed by atoms with Crippen molar-refractivity contribution in [2.45, 2.75) is 38.8 Å². The lowest BCUT2D eigenvalue weighted by Crippen LogP contribution is -2.43. The molecule has 1 aliphatic rings. The van der Waals surface area contributed by atoms with Gasteiger partial charge in [-0.1, -0.05) is 36.4 Å². The van der Waals surface area contributed by atoms with Gasteiger partial charge in [-0.2, -0.15) is 0 Å². The Labute approximate surface area is 196 Å². The number of ketones is 1. The number of aryl methyl sites for hydroxylation is 1. The number of aromatic amines is 1. The highest BCUT2D eigenvalue weighted by Gasteiger charge is 2.26. The van der Waals surface area contributed by atoms with Crippen molar-refractivity contribution >= 4 is 28.6 Å². The third-order valence-electron chi connectivity index (χ3n) is 6.09. The molecule has 1 saturated heterocycles. The third kappa shape index (κ3) is 4.79. The number of nitrogens with one attached hydrogen (secondary N) is 1. The van der Waals surface area contributed by atoms with Gasteiger partial charge < -0.3 is 20.4 Å². The monoisotopic (exact) mass is 464 g/mol. The Morgan fingerprint density at radius 3 is 2.59 bits per heavy atom. The second kappa shape index (κ2) is 10.0. The highest BCUT2D eigenvalue weighted by Crippen LogP contribution is 2.24. The predicted octanol–water partition coefficient (Wildman–Crippen LogP) is 1.62. The van der Waals surface area contributed by atoms with Crippen LogP contribution in [0.25, 0.3) is 11.0 Å². The van der Waals surface area contributed by atoms with Crippen molar-refractivity contribution in [1.29, 1.82) is 0 Å². The quantitative estimate of drug-likeness (QED) is 0.465. The number of aromatic nitrogens is 2. The molecular weight excluding hydrogens is 436 g/mol. The minimum Gasteiger partial charge on any atom is -0.376 e. The fraction of sp³-hybridized carbons (Fsp3) is 0.360. The summed E-state index contributed by atoms with van der Waals surface area (Å²) in [4.78, 5) is 54.8. The summed E-state index contributed by atoms with van der Waals surface area (Å²) in [6, 6.07) is 12.1. The second-order valence-corrected chi connectivity index (χ2v) is 8.42. The maximum Gasteiger partial charge on any atom is 0.326 e. The Bertz CT molecular complexity index is 1270. The fourth-order valence-electron chi connectivity index (χ4n) is 4.48. The first-order valence-electron chi connectivity index (χ1n) is 11.4. The lowest BCUT2D eigenvalue weighted by Gasteiger charge is -2.24. The predicted molar refractivity (Wildman–Crippen MR) is 127 cm³/mol. The molecule has 1 atom stereocenters. The molecule has 2 amide bonds. The van der Waals surface area contributed by atoms with E-state index in [-0.39, 0.29) is 43.0 Å². The summed E-state index contributed by atoms with van der Waals surface area (Å²) in [6.45, 7) is 2.89. The van der Waals surface area contributed by atoms with Crippen LogP contribution in [0.5, 0.6) is 0 Å². The first-order chi connectivity index (χ1) is 16.4. The van der Waals surface area contributed by atoms with E-state index in [1.807, 2.05) is 13.0 Å². The molecular formula is C25H28N4O5. The number of amides is 2. The van der Waals surface area contributed by atoms with Crippen LogP contribution >= 0.6 is 0 Å². The van der Waals surface area contributed by atoms with Gasteiger partial charge in [0.2, 0.25) is 11.8 Å². The van der Waals surface area contributed by atoms with Gasteiger partial charge in [0.05, 0.1) is 30.1 Å². The summed E-state index contributed by atoms with van der Waals surface area (Å²) >= 11 is 0. The zero-order valence-corrected chi connectivity index (χ0v) is 19.1. The first-order valence-corrected chi connectivity index (χ1v) is 11.4. The summed E-state index contributed by atoms with van der Waals surface area (Å²) in [5.41, 5.74) is 7.39. The number of imidazole rings is 1. The number of primary amides is 1.